The largest absolute Gasteiger partial charge is 0.324 e. The third kappa shape index (κ3) is 5.68. The number of aromatic amines is 1. The molecule has 0 atom stereocenters. The molecule has 0 unspecified atom stereocenters. The van der Waals surface area contributed by atoms with Crippen LogP contribution in [0.5, 0.6) is 0 Å². The molecule has 4 aromatic rings. The quantitative estimate of drug-likeness (QED) is 0.351. The standard InChI is InChI=1S/C23H25ClN6S/c1-2-3-10-23-25-15-19(30(23)16-18-7-4-5-9-21(18)24)12-17(13-20-8-6-11-31-20)14-22-26-28-29-27-22/h4-9,11-12,15H,2-3,10,13-14,16H2,1H3,(H,26,27,28,29). The van der Waals surface area contributed by atoms with E-state index in [0.717, 1.165) is 47.8 Å². The van der Waals surface area contributed by atoms with Crippen molar-refractivity contribution in [1.82, 2.24) is 30.2 Å². The number of unbranched alkanes of at least 4 members (excludes halogenated alkanes) is 1. The number of tetrazole rings is 1. The van der Waals surface area contributed by atoms with E-state index in [2.05, 4.69) is 61.8 Å². The summed E-state index contributed by atoms with van der Waals surface area (Å²) in [6.45, 7) is 2.89. The molecule has 0 amide bonds. The molecule has 160 valence electrons. The molecule has 3 aromatic heterocycles. The van der Waals surface area contributed by atoms with Crippen LogP contribution in [0.1, 0.15) is 47.5 Å². The van der Waals surface area contributed by atoms with Gasteiger partial charge < -0.3 is 4.57 Å². The fourth-order valence-corrected chi connectivity index (χ4v) is 4.48. The highest BCUT2D eigenvalue weighted by Crippen LogP contribution is 2.23. The second-order valence-corrected chi connectivity index (χ2v) is 8.88. The molecular formula is C23H25ClN6S. The molecule has 0 aliphatic carbocycles. The zero-order valence-electron chi connectivity index (χ0n) is 17.5. The Morgan fingerprint density at radius 3 is 2.84 bits per heavy atom. The number of aromatic nitrogens is 6. The first-order chi connectivity index (χ1) is 15.2. The molecule has 0 aliphatic rings. The minimum absolute atomic E-state index is 0.635. The molecule has 4 rings (SSSR count). The molecule has 0 saturated carbocycles. The highest BCUT2D eigenvalue weighted by molar-refractivity contribution is 7.09. The van der Waals surface area contributed by atoms with Crippen molar-refractivity contribution in [3.63, 3.8) is 0 Å². The number of hydrogen-bond acceptors (Lipinski definition) is 5. The number of allylic oxidation sites excluding steroid dienone is 1. The van der Waals surface area contributed by atoms with E-state index in [-0.39, 0.29) is 0 Å². The number of H-pyrrole nitrogens is 1. The summed E-state index contributed by atoms with van der Waals surface area (Å²) in [7, 11) is 0. The number of aryl methyl sites for hydroxylation is 1. The van der Waals surface area contributed by atoms with Crippen LogP contribution in [-0.2, 0) is 25.8 Å². The van der Waals surface area contributed by atoms with Crippen molar-refractivity contribution in [1.29, 1.82) is 0 Å². The maximum absolute atomic E-state index is 6.47. The van der Waals surface area contributed by atoms with Crippen molar-refractivity contribution in [3.05, 3.63) is 86.4 Å². The normalized spacial score (nSPS) is 11.9. The van der Waals surface area contributed by atoms with Crippen molar-refractivity contribution in [2.24, 2.45) is 0 Å². The van der Waals surface area contributed by atoms with Crippen molar-refractivity contribution in [2.75, 3.05) is 0 Å². The predicted octanol–water partition coefficient (Wildman–Crippen LogP) is 5.37. The van der Waals surface area contributed by atoms with Crippen molar-refractivity contribution in [2.45, 2.75) is 45.6 Å². The Labute approximate surface area is 191 Å². The lowest BCUT2D eigenvalue weighted by molar-refractivity contribution is 0.674. The fraction of sp³-hybridized carbons (Fsp3) is 0.304. The second kappa shape index (κ2) is 10.5. The van der Waals surface area contributed by atoms with Gasteiger partial charge in [-0.3, -0.25) is 0 Å². The Morgan fingerprint density at radius 2 is 2.10 bits per heavy atom. The lowest BCUT2D eigenvalue weighted by atomic mass is 10.1. The van der Waals surface area contributed by atoms with Crippen LogP contribution in [0, 0.1) is 0 Å². The number of hydrogen-bond donors (Lipinski definition) is 1. The van der Waals surface area contributed by atoms with Gasteiger partial charge in [-0.2, -0.15) is 5.21 Å². The summed E-state index contributed by atoms with van der Waals surface area (Å²) in [6, 6.07) is 12.2. The number of benzene rings is 1. The third-order valence-electron chi connectivity index (χ3n) is 5.12. The van der Waals surface area contributed by atoms with Crippen LogP contribution < -0.4 is 0 Å². The van der Waals surface area contributed by atoms with Crippen LogP contribution in [0.15, 0.2) is 53.5 Å². The zero-order valence-corrected chi connectivity index (χ0v) is 19.0. The molecule has 8 heteroatoms. The highest BCUT2D eigenvalue weighted by atomic mass is 35.5. The van der Waals surface area contributed by atoms with Crippen LogP contribution in [0.4, 0.5) is 0 Å². The van der Waals surface area contributed by atoms with Crippen molar-refractivity contribution < 1.29 is 0 Å². The third-order valence-corrected chi connectivity index (χ3v) is 6.36. The van der Waals surface area contributed by atoms with Crippen molar-refractivity contribution >= 4 is 29.0 Å². The van der Waals surface area contributed by atoms with E-state index in [1.54, 1.807) is 11.3 Å². The molecule has 0 fully saturated rings. The summed E-state index contributed by atoms with van der Waals surface area (Å²) in [4.78, 5) is 6.06. The summed E-state index contributed by atoms with van der Waals surface area (Å²) in [5, 5.41) is 17.4. The molecular weight excluding hydrogens is 428 g/mol. The smallest absolute Gasteiger partial charge is 0.178 e. The van der Waals surface area contributed by atoms with E-state index < -0.39 is 0 Å². The molecule has 1 aromatic carbocycles. The second-order valence-electron chi connectivity index (χ2n) is 7.44. The molecule has 1 N–H and O–H groups in total. The van der Waals surface area contributed by atoms with Crippen LogP contribution in [0.2, 0.25) is 5.02 Å². The summed E-state index contributed by atoms with van der Waals surface area (Å²) in [5.41, 5.74) is 3.37. The Kier molecular flexibility index (Phi) is 7.27. The Bertz CT molecular complexity index is 1080. The van der Waals surface area contributed by atoms with Crippen molar-refractivity contribution in [3.8, 4) is 0 Å². The van der Waals surface area contributed by atoms with Crippen LogP contribution in [0.3, 0.4) is 0 Å². The van der Waals surface area contributed by atoms with E-state index in [1.807, 2.05) is 24.4 Å². The Morgan fingerprint density at radius 1 is 1.19 bits per heavy atom. The van der Waals surface area contributed by atoms with Gasteiger partial charge in [0.15, 0.2) is 5.82 Å². The van der Waals surface area contributed by atoms with E-state index in [0.29, 0.717) is 18.8 Å². The van der Waals surface area contributed by atoms with Gasteiger partial charge in [0.25, 0.3) is 0 Å². The highest BCUT2D eigenvalue weighted by Gasteiger charge is 2.13. The number of imidazole rings is 1. The summed E-state index contributed by atoms with van der Waals surface area (Å²) >= 11 is 8.23. The first kappa shape index (κ1) is 21.5. The fourth-order valence-electron chi connectivity index (χ4n) is 3.53. The average Bonchev–Trinajstić information content (AvgIpc) is 3.53. The van der Waals surface area contributed by atoms with Gasteiger partial charge in [0, 0.05) is 29.2 Å². The van der Waals surface area contributed by atoms with Gasteiger partial charge in [0.1, 0.15) is 5.82 Å². The topological polar surface area (TPSA) is 72.3 Å². The number of nitrogens with zero attached hydrogens (tertiary/aromatic N) is 5. The molecule has 0 aliphatic heterocycles. The maximum atomic E-state index is 6.47. The molecule has 0 spiro atoms. The van der Waals surface area contributed by atoms with Gasteiger partial charge >= 0.3 is 0 Å². The number of thiophene rings is 1. The summed E-state index contributed by atoms with van der Waals surface area (Å²) in [6.07, 6.45) is 8.84. The SMILES string of the molecule is CCCCc1ncc(C=C(Cc2nn[nH]n2)Cc2cccs2)n1Cc1ccccc1Cl. The molecule has 0 bridgehead atoms. The number of halogens is 1. The van der Waals surface area contributed by atoms with E-state index in [9.17, 15) is 0 Å². The van der Waals surface area contributed by atoms with Gasteiger partial charge in [-0.05, 0) is 35.6 Å². The van der Waals surface area contributed by atoms with E-state index >= 15 is 0 Å². The minimum Gasteiger partial charge on any atom is -0.324 e. The predicted molar refractivity (Wildman–Crippen MR) is 125 cm³/mol. The van der Waals surface area contributed by atoms with Gasteiger partial charge in [-0.15, -0.1) is 21.5 Å². The minimum atomic E-state index is 0.635. The Balaban J connectivity index is 1.69. The first-order valence-corrected chi connectivity index (χ1v) is 11.7. The van der Waals surface area contributed by atoms with Gasteiger partial charge in [0.05, 0.1) is 18.4 Å². The lowest BCUT2D eigenvalue weighted by Gasteiger charge is -2.13. The van der Waals surface area contributed by atoms with Gasteiger partial charge in [0.2, 0.25) is 0 Å². The number of rotatable bonds is 10. The average molecular weight is 453 g/mol. The lowest BCUT2D eigenvalue weighted by Crippen LogP contribution is -2.08. The molecule has 3 heterocycles. The van der Waals surface area contributed by atoms with E-state index in [1.165, 1.54) is 10.5 Å². The monoisotopic (exact) mass is 452 g/mol. The molecule has 6 nitrogen and oxygen atoms in total. The van der Waals surface area contributed by atoms with Crippen LogP contribution in [0.25, 0.3) is 6.08 Å². The van der Waals surface area contributed by atoms with Gasteiger partial charge in [-0.1, -0.05) is 60.0 Å². The molecule has 0 saturated heterocycles. The van der Waals surface area contributed by atoms with E-state index in [4.69, 9.17) is 16.6 Å². The Hall–Kier alpha value is -2.77. The number of nitrogens with one attached hydrogen (secondary N) is 1. The van der Waals surface area contributed by atoms with Crippen LogP contribution in [-0.4, -0.2) is 30.2 Å². The maximum Gasteiger partial charge on any atom is 0.178 e. The van der Waals surface area contributed by atoms with Crippen LogP contribution >= 0.6 is 22.9 Å². The molecule has 0 radical (unpaired) electrons. The van der Waals surface area contributed by atoms with Gasteiger partial charge in [-0.25, -0.2) is 4.98 Å². The summed E-state index contributed by atoms with van der Waals surface area (Å²) < 4.78 is 2.28. The first-order valence-electron chi connectivity index (χ1n) is 10.4. The summed E-state index contributed by atoms with van der Waals surface area (Å²) in [5.74, 6) is 1.77. The molecule has 31 heavy (non-hydrogen) atoms. The zero-order chi connectivity index (χ0) is 21.5.